The molecular formula is C14H11BrFN3S. The van der Waals surface area contributed by atoms with Gasteiger partial charge in [0.05, 0.1) is 5.69 Å². The predicted octanol–water partition coefficient (Wildman–Crippen LogP) is 4.16. The molecule has 0 amide bonds. The van der Waals surface area contributed by atoms with Gasteiger partial charge in [-0.15, -0.1) is 11.8 Å². The number of rotatable bonds is 3. The molecule has 102 valence electrons. The van der Waals surface area contributed by atoms with Gasteiger partial charge in [0.2, 0.25) is 0 Å². The van der Waals surface area contributed by atoms with Crippen LogP contribution >= 0.6 is 27.7 Å². The van der Waals surface area contributed by atoms with E-state index in [-0.39, 0.29) is 5.82 Å². The number of benzene rings is 1. The highest BCUT2D eigenvalue weighted by atomic mass is 79.9. The Bertz CT molecular complexity index is 698. The van der Waals surface area contributed by atoms with Crippen LogP contribution in [-0.4, -0.2) is 9.97 Å². The minimum Gasteiger partial charge on any atom is -0.237 e. The molecule has 6 heteroatoms. The molecule has 3 nitrogen and oxygen atoms in total. The maximum absolute atomic E-state index is 13.0. The van der Waals surface area contributed by atoms with Crippen molar-refractivity contribution in [3.05, 3.63) is 51.1 Å². The van der Waals surface area contributed by atoms with Crippen molar-refractivity contribution in [3.63, 3.8) is 0 Å². The number of hydrogen-bond acceptors (Lipinski definition) is 4. The van der Waals surface area contributed by atoms with Gasteiger partial charge in [-0.05, 0) is 31.5 Å². The number of halogens is 2. The van der Waals surface area contributed by atoms with E-state index in [9.17, 15) is 9.65 Å². The first-order chi connectivity index (χ1) is 9.51. The maximum Gasteiger partial charge on any atom is 0.126 e. The molecule has 1 aromatic carbocycles. The molecule has 0 unspecified atom stereocenters. The third-order valence-corrected chi connectivity index (χ3v) is 4.42. The molecule has 2 aromatic rings. The summed E-state index contributed by atoms with van der Waals surface area (Å²) in [6.07, 6.45) is 0. The lowest BCUT2D eigenvalue weighted by atomic mass is 10.2. The molecule has 0 aliphatic carbocycles. The standard InChI is InChI=1S/C14H11BrFN3S/c1-8-12(6-17)14(19-9(2)18-8)20-7-10-3-4-11(16)5-13(10)15/h3-5H,7H2,1-2H3. The molecule has 1 heterocycles. The van der Waals surface area contributed by atoms with E-state index < -0.39 is 0 Å². The van der Waals surface area contributed by atoms with E-state index >= 15 is 0 Å². The minimum atomic E-state index is -0.280. The number of hydrogen-bond donors (Lipinski definition) is 0. The number of thioether (sulfide) groups is 1. The summed E-state index contributed by atoms with van der Waals surface area (Å²) >= 11 is 4.78. The van der Waals surface area contributed by atoms with Gasteiger partial charge in [0.15, 0.2) is 0 Å². The summed E-state index contributed by atoms with van der Waals surface area (Å²) < 4.78 is 13.7. The first-order valence-electron chi connectivity index (χ1n) is 5.83. The largest absolute Gasteiger partial charge is 0.237 e. The number of nitriles is 1. The van der Waals surface area contributed by atoms with Crippen LogP contribution in [0.2, 0.25) is 0 Å². The van der Waals surface area contributed by atoms with Crippen molar-refractivity contribution in [2.24, 2.45) is 0 Å². The lowest BCUT2D eigenvalue weighted by Gasteiger charge is -2.07. The van der Waals surface area contributed by atoms with Gasteiger partial charge in [-0.2, -0.15) is 5.26 Å². The Hall–Kier alpha value is -1.45. The summed E-state index contributed by atoms with van der Waals surface area (Å²) in [5.41, 5.74) is 2.13. The second kappa shape index (κ2) is 6.33. The van der Waals surface area contributed by atoms with Crippen LogP contribution in [0.15, 0.2) is 27.7 Å². The summed E-state index contributed by atoms with van der Waals surface area (Å²) in [5, 5.41) is 9.84. The first kappa shape index (κ1) is 14.9. The third kappa shape index (κ3) is 3.35. The highest BCUT2D eigenvalue weighted by molar-refractivity contribution is 9.10. The molecule has 20 heavy (non-hydrogen) atoms. The molecule has 0 saturated carbocycles. The van der Waals surface area contributed by atoms with Crippen molar-refractivity contribution in [2.45, 2.75) is 24.6 Å². The van der Waals surface area contributed by atoms with Crippen molar-refractivity contribution in [3.8, 4) is 6.07 Å². The lowest BCUT2D eigenvalue weighted by Crippen LogP contribution is -1.99. The molecule has 2 rings (SSSR count). The molecule has 0 fully saturated rings. The van der Waals surface area contributed by atoms with Crippen molar-refractivity contribution in [2.75, 3.05) is 0 Å². The molecule has 1 aromatic heterocycles. The van der Waals surface area contributed by atoms with Crippen molar-refractivity contribution >= 4 is 27.7 Å². The van der Waals surface area contributed by atoms with Crippen LogP contribution in [0.25, 0.3) is 0 Å². The van der Waals surface area contributed by atoms with E-state index in [1.807, 2.05) is 0 Å². The zero-order valence-electron chi connectivity index (χ0n) is 10.9. The lowest BCUT2D eigenvalue weighted by molar-refractivity contribution is 0.626. The Morgan fingerprint density at radius 3 is 2.75 bits per heavy atom. The average Bonchev–Trinajstić information content (AvgIpc) is 2.37. The van der Waals surface area contributed by atoms with Gasteiger partial charge in [0.1, 0.15) is 28.3 Å². The number of nitrogens with zero attached hydrogens (tertiary/aromatic N) is 3. The highest BCUT2D eigenvalue weighted by Gasteiger charge is 2.11. The van der Waals surface area contributed by atoms with Crippen LogP contribution in [0.1, 0.15) is 22.6 Å². The minimum absolute atomic E-state index is 0.280. The Morgan fingerprint density at radius 2 is 2.10 bits per heavy atom. The fraction of sp³-hybridized carbons (Fsp3) is 0.214. The van der Waals surface area contributed by atoms with Crippen LogP contribution in [0, 0.1) is 31.0 Å². The van der Waals surface area contributed by atoms with E-state index in [2.05, 4.69) is 32.0 Å². The fourth-order valence-corrected chi connectivity index (χ4v) is 3.45. The topological polar surface area (TPSA) is 49.6 Å². The second-order valence-corrected chi connectivity index (χ2v) is 5.99. The van der Waals surface area contributed by atoms with Crippen LogP contribution in [0.4, 0.5) is 4.39 Å². The van der Waals surface area contributed by atoms with Gasteiger partial charge < -0.3 is 0 Å². The zero-order valence-corrected chi connectivity index (χ0v) is 13.3. The summed E-state index contributed by atoms with van der Waals surface area (Å²) in [4.78, 5) is 8.49. The quantitative estimate of drug-likeness (QED) is 0.615. The van der Waals surface area contributed by atoms with Gasteiger partial charge in [0, 0.05) is 10.2 Å². The summed E-state index contributed by atoms with van der Waals surface area (Å²) in [5.74, 6) is 0.963. The molecule has 0 bridgehead atoms. The number of aryl methyl sites for hydroxylation is 2. The van der Waals surface area contributed by atoms with Gasteiger partial charge in [0.25, 0.3) is 0 Å². The van der Waals surface area contributed by atoms with E-state index in [0.29, 0.717) is 32.3 Å². The molecular weight excluding hydrogens is 341 g/mol. The van der Waals surface area contributed by atoms with Gasteiger partial charge in [-0.25, -0.2) is 14.4 Å². The zero-order chi connectivity index (χ0) is 14.7. The maximum atomic E-state index is 13.0. The van der Waals surface area contributed by atoms with Gasteiger partial charge in [-0.1, -0.05) is 22.0 Å². The molecule has 0 radical (unpaired) electrons. The molecule has 0 saturated heterocycles. The highest BCUT2D eigenvalue weighted by Crippen LogP contribution is 2.29. The van der Waals surface area contributed by atoms with Crippen LogP contribution in [-0.2, 0) is 5.75 Å². The fourth-order valence-electron chi connectivity index (χ4n) is 1.70. The Labute approximate surface area is 129 Å². The smallest absolute Gasteiger partial charge is 0.126 e. The summed E-state index contributed by atoms with van der Waals surface area (Å²) in [6.45, 7) is 3.59. The predicted molar refractivity (Wildman–Crippen MR) is 79.9 cm³/mol. The molecule has 0 spiro atoms. The van der Waals surface area contributed by atoms with Crippen LogP contribution in [0.3, 0.4) is 0 Å². The van der Waals surface area contributed by atoms with E-state index in [4.69, 9.17) is 0 Å². The first-order valence-corrected chi connectivity index (χ1v) is 7.61. The number of aromatic nitrogens is 2. The van der Waals surface area contributed by atoms with Crippen molar-refractivity contribution in [1.82, 2.24) is 9.97 Å². The van der Waals surface area contributed by atoms with E-state index in [1.54, 1.807) is 19.9 Å². The molecule has 0 aliphatic rings. The molecule has 0 atom stereocenters. The van der Waals surface area contributed by atoms with E-state index in [1.165, 1.54) is 23.9 Å². The second-order valence-electron chi connectivity index (χ2n) is 4.17. The normalized spacial score (nSPS) is 10.3. The monoisotopic (exact) mass is 351 g/mol. The Kier molecular flexibility index (Phi) is 4.73. The average molecular weight is 352 g/mol. The summed E-state index contributed by atoms with van der Waals surface area (Å²) in [7, 11) is 0. The van der Waals surface area contributed by atoms with E-state index in [0.717, 1.165) is 5.56 Å². The van der Waals surface area contributed by atoms with Crippen molar-refractivity contribution in [1.29, 1.82) is 5.26 Å². The summed E-state index contributed by atoms with van der Waals surface area (Å²) in [6, 6.07) is 6.70. The van der Waals surface area contributed by atoms with Crippen LogP contribution in [0.5, 0.6) is 0 Å². The SMILES string of the molecule is Cc1nc(C)c(C#N)c(SCc2ccc(F)cc2Br)n1. The molecule has 0 N–H and O–H groups in total. The van der Waals surface area contributed by atoms with Gasteiger partial charge >= 0.3 is 0 Å². The third-order valence-electron chi connectivity index (χ3n) is 2.66. The Morgan fingerprint density at radius 1 is 1.35 bits per heavy atom. The Balaban J connectivity index is 2.25. The van der Waals surface area contributed by atoms with Crippen LogP contribution < -0.4 is 0 Å². The molecule has 0 aliphatic heterocycles. The van der Waals surface area contributed by atoms with Gasteiger partial charge in [-0.3, -0.25) is 0 Å². The van der Waals surface area contributed by atoms with Crippen molar-refractivity contribution < 1.29 is 4.39 Å².